The van der Waals surface area contributed by atoms with Gasteiger partial charge in [-0.3, -0.25) is 9.69 Å². The molecule has 0 bridgehead atoms. The molecule has 0 unspecified atom stereocenters. The van der Waals surface area contributed by atoms with Crippen LogP contribution in [0.5, 0.6) is 0 Å². The van der Waals surface area contributed by atoms with Gasteiger partial charge in [-0.05, 0) is 33.9 Å². The second kappa shape index (κ2) is 7.20. The molecule has 0 aliphatic rings. The maximum Gasteiger partial charge on any atom is 0.407 e. The molecule has 0 radical (unpaired) electrons. The van der Waals surface area contributed by atoms with E-state index in [0.717, 1.165) is 0 Å². The van der Waals surface area contributed by atoms with Crippen LogP contribution in [0.15, 0.2) is 0 Å². The Balaban J connectivity index is 4.36. The highest BCUT2D eigenvalue weighted by Crippen LogP contribution is 2.06. The van der Waals surface area contributed by atoms with Crippen LogP contribution in [0.25, 0.3) is 0 Å². The predicted octanol–water partition coefficient (Wildman–Crippen LogP) is 1.31. The molecule has 0 aromatic carbocycles. The molecule has 6 nitrogen and oxygen atoms in total. The van der Waals surface area contributed by atoms with Gasteiger partial charge in [0.1, 0.15) is 11.6 Å². The van der Waals surface area contributed by atoms with Crippen molar-refractivity contribution in [2.45, 2.75) is 46.3 Å². The molecule has 0 spiro atoms. The van der Waals surface area contributed by atoms with Gasteiger partial charge in [-0.25, -0.2) is 4.79 Å². The molecule has 0 heterocycles. The quantitative estimate of drug-likeness (QED) is 0.752. The lowest BCUT2D eigenvalue weighted by molar-refractivity contribution is -0.142. The Labute approximate surface area is 108 Å². The number of nitrogens with one attached hydrogen (secondary N) is 1. The molecule has 6 heteroatoms. The van der Waals surface area contributed by atoms with Gasteiger partial charge in [0.25, 0.3) is 0 Å². The lowest BCUT2D eigenvalue weighted by atomic mass is 10.2. The SMILES string of the molecule is CCN(CC)[C@@H](CNC(=O)OC(C)(C)C)C(=O)O. The molecule has 18 heavy (non-hydrogen) atoms. The summed E-state index contributed by atoms with van der Waals surface area (Å²) in [5.74, 6) is -0.949. The van der Waals surface area contributed by atoms with Crippen LogP contribution in [0.3, 0.4) is 0 Å². The lowest BCUT2D eigenvalue weighted by Gasteiger charge is -2.27. The Morgan fingerprint density at radius 2 is 1.78 bits per heavy atom. The summed E-state index contributed by atoms with van der Waals surface area (Å²) in [6, 6.07) is -0.729. The van der Waals surface area contributed by atoms with Crippen LogP contribution < -0.4 is 5.32 Å². The standard InChI is InChI=1S/C12H24N2O4/c1-6-14(7-2)9(10(15)16)8-13-11(17)18-12(3,4)5/h9H,6-8H2,1-5H3,(H,13,17)(H,15,16)/t9-/m0/s1. The molecule has 1 amide bonds. The van der Waals surface area contributed by atoms with Crippen LogP contribution in [0.2, 0.25) is 0 Å². The summed E-state index contributed by atoms with van der Waals surface area (Å²) < 4.78 is 5.05. The topological polar surface area (TPSA) is 78.9 Å². The third-order valence-electron chi connectivity index (χ3n) is 2.38. The van der Waals surface area contributed by atoms with E-state index in [4.69, 9.17) is 9.84 Å². The van der Waals surface area contributed by atoms with Gasteiger partial charge in [0.2, 0.25) is 0 Å². The zero-order valence-corrected chi connectivity index (χ0v) is 11.8. The monoisotopic (exact) mass is 260 g/mol. The van der Waals surface area contributed by atoms with Crippen molar-refractivity contribution in [2.75, 3.05) is 19.6 Å². The molecule has 0 aromatic heterocycles. The van der Waals surface area contributed by atoms with Crippen LogP contribution >= 0.6 is 0 Å². The number of carbonyl (C=O) groups excluding carboxylic acids is 1. The first-order chi connectivity index (χ1) is 8.21. The third kappa shape index (κ3) is 6.44. The molecule has 0 fully saturated rings. The van der Waals surface area contributed by atoms with Crippen LogP contribution in [-0.4, -0.2) is 53.3 Å². The van der Waals surface area contributed by atoms with Crippen LogP contribution in [0.1, 0.15) is 34.6 Å². The van der Waals surface area contributed by atoms with Gasteiger partial charge in [0.05, 0.1) is 0 Å². The first-order valence-electron chi connectivity index (χ1n) is 6.15. The number of nitrogens with zero attached hydrogens (tertiary/aromatic N) is 1. The summed E-state index contributed by atoms with van der Waals surface area (Å²) in [7, 11) is 0. The highest BCUT2D eigenvalue weighted by Gasteiger charge is 2.25. The molecule has 106 valence electrons. The van der Waals surface area contributed by atoms with Crippen molar-refractivity contribution in [3.63, 3.8) is 0 Å². The lowest BCUT2D eigenvalue weighted by Crippen LogP contribution is -2.49. The second-order valence-electron chi connectivity index (χ2n) is 4.96. The van der Waals surface area contributed by atoms with E-state index >= 15 is 0 Å². The summed E-state index contributed by atoms with van der Waals surface area (Å²) in [5, 5.41) is 11.6. The first kappa shape index (κ1) is 16.7. The molecular weight excluding hydrogens is 236 g/mol. The van der Waals surface area contributed by atoms with E-state index in [0.29, 0.717) is 13.1 Å². The van der Waals surface area contributed by atoms with Gasteiger partial charge in [-0.15, -0.1) is 0 Å². The fourth-order valence-electron chi connectivity index (χ4n) is 1.53. The Kier molecular flexibility index (Phi) is 6.68. The minimum Gasteiger partial charge on any atom is -0.480 e. The van der Waals surface area contributed by atoms with Crippen molar-refractivity contribution in [3.05, 3.63) is 0 Å². The molecule has 0 rings (SSSR count). The van der Waals surface area contributed by atoms with E-state index in [1.165, 1.54) is 0 Å². The average molecular weight is 260 g/mol. The summed E-state index contributed by atoms with van der Waals surface area (Å²) in [5.41, 5.74) is -0.585. The van der Waals surface area contributed by atoms with Crippen molar-refractivity contribution in [3.8, 4) is 0 Å². The van der Waals surface area contributed by atoms with E-state index in [2.05, 4.69) is 5.32 Å². The fourth-order valence-corrected chi connectivity index (χ4v) is 1.53. The Morgan fingerprint density at radius 1 is 1.28 bits per heavy atom. The number of carboxylic acids is 1. The van der Waals surface area contributed by atoms with Crippen molar-refractivity contribution in [2.24, 2.45) is 0 Å². The Hall–Kier alpha value is -1.30. The highest BCUT2D eigenvalue weighted by molar-refractivity contribution is 5.75. The number of likely N-dealkylation sites (N-methyl/N-ethyl adjacent to an activating group) is 1. The van der Waals surface area contributed by atoms with Crippen LogP contribution in [0.4, 0.5) is 4.79 Å². The summed E-state index contributed by atoms with van der Waals surface area (Å²) >= 11 is 0. The minimum atomic E-state index is -0.949. The minimum absolute atomic E-state index is 0.0337. The summed E-state index contributed by atoms with van der Waals surface area (Å²) in [6.45, 7) is 10.3. The number of carboxylic acid groups (broad SMARTS) is 1. The van der Waals surface area contributed by atoms with Gasteiger partial charge in [-0.2, -0.15) is 0 Å². The molecule has 0 aliphatic carbocycles. The fraction of sp³-hybridized carbons (Fsp3) is 0.833. The maximum atomic E-state index is 11.4. The summed E-state index contributed by atoms with van der Waals surface area (Å²) in [6.07, 6.45) is -0.596. The van der Waals surface area contributed by atoms with Gasteiger partial charge in [0, 0.05) is 6.54 Å². The smallest absolute Gasteiger partial charge is 0.407 e. The van der Waals surface area contributed by atoms with Gasteiger partial charge in [-0.1, -0.05) is 13.8 Å². The van der Waals surface area contributed by atoms with E-state index < -0.39 is 23.7 Å². The number of hydrogen-bond donors (Lipinski definition) is 2. The van der Waals surface area contributed by atoms with Crippen molar-refractivity contribution in [1.82, 2.24) is 10.2 Å². The van der Waals surface area contributed by atoms with Gasteiger partial charge >= 0.3 is 12.1 Å². The zero-order chi connectivity index (χ0) is 14.3. The highest BCUT2D eigenvalue weighted by atomic mass is 16.6. The number of aliphatic carboxylic acids is 1. The second-order valence-corrected chi connectivity index (χ2v) is 4.96. The van der Waals surface area contributed by atoms with Crippen molar-refractivity contribution < 1.29 is 19.4 Å². The first-order valence-corrected chi connectivity index (χ1v) is 6.15. The van der Waals surface area contributed by atoms with Crippen LogP contribution in [-0.2, 0) is 9.53 Å². The van der Waals surface area contributed by atoms with E-state index in [-0.39, 0.29) is 6.54 Å². The predicted molar refractivity (Wildman–Crippen MR) is 68.6 cm³/mol. The van der Waals surface area contributed by atoms with E-state index in [1.54, 1.807) is 25.7 Å². The maximum absolute atomic E-state index is 11.4. The van der Waals surface area contributed by atoms with Crippen molar-refractivity contribution >= 4 is 12.1 Å². The third-order valence-corrected chi connectivity index (χ3v) is 2.38. The molecule has 0 aromatic rings. The number of amides is 1. The molecular formula is C12H24N2O4. The Morgan fingerprint density at radius 3 is 2.11 bits per heavy atom. The molecule has 1 atom stereocenters. The van der Waals surface area contributed by atoms with E-state index in [9.17, 15) is 9.59 Å². The normalized spacial score (nSPS) is 13.2. The Bertz CT molecular complexity index is 282. The van der Waals surface area contributed by atoms with Gasteiger partial charge < -0.3 is 15.2 Å². The molecule has 0 saturated heterocycles. The number of carbonyl (C=O) groups is 2. The number of ether oxygens (including phenoxy) is 1. The van der Waals surface area contributed by atoms with Crippen LogP contribution in [0, 0.1) is 0 Å². The van der Waals surface area contributed by atoms with Crippen molar-refractivity contribution in [1.29, 1.82) is 0 Å². The molecule has 0 aliphatic heterocycles. The zero-order valence-electron chi connectivity index (χ0n) is 11.8. The molecule has 0 saturated carbocycles. The number of hydrogen-bond acceptors (Lipinski definition) is 4. The largest absolute Gasteiger partial charge is 0.480 e. The summed E-state index contributed by atoms with van der Waals surface area (Å²) in [4.78, 5) is 24.3. The average Bonchev–Trinajstić information content (AvgIpc) is 2.21. The number of rotatable bonds is 6. The molecule has 2 N–H and O–H groups in total. The number of alkyl carbamates (subject to hydrolysis) is 1. The van der Waals surface area contributed by atoms with E-state index in [1.807, 2.05) is 13.8 Å². The van der Waals surface area contributed by atoms with Gasteiger partial charge in [0.15, 0.2) is 0 Å².